The monoisotopic (exact) mass is 307 g/mol. The largest absolute Gasteiger partial charge is 1.00 e. The third kappa shape index (κ3) is 2.70. The van der Waals surface area contributed by atoms with Crippen LogP contribution in [0.4, 0.5) is 0 Å². The smallest absolute Gasteiger partial charge is 0.243 e. The highest BCUT2D eigenvalue weighted by molar-refractivity contribution is 5.78. The minimum Gasteiger partial charge on any atom is -1.00 e. The van der Waals surface area contributed by atoms with Crippen molar-refractivity contribution in [2.75, 3.05) is 0 Å². The third-order valence-corrected chi connectivity index (χ3v) is 2.34. The molecule has 0 saturated carbocycles. The van der Waals surface area contributed by atoms with Crippen LogP contribution in [0.1, 0.15) is 12.8 Å². The number of nitrogens with one attached hydrogen (secondary N) is 1. The van der Waals surface area contributed by atoms with Gasteiger partial charge in [-0.15, -0.1) is 0 Å². The Kier molecular flexibility index (Phi) is 3.91. The Hall–Kier alpha value is -0.590. The number of rotatable bonds is 2. The second-order valence-electron chi connectivity index (χ2n) is 3.58. The van der Waals surface area contributed by atoms with Crippen LogP contribution in [-0.4, -0.2) is 16.5 Å². The van der Waals surface area contributed by atoms with E-state index in [9.17, 15) is 4.79 Å². The van der Waals surface area contributed by atoms with Crippen molar-refractivity contribution in [3.05, 3.63) is 18.7 Å². The lowest BCUT2D eigenvalue weighted by Crippen LogP contribution is -3.00. The number of aromatic nitrogens is 2. The van der Waals surface area contributed by atoms with Gasteiger partial charge < -0.3 is 29.3 Å². The van der Waals surface area contributed by atoms with E-state index in [1.807, 2.05) is 30.3 Å². The maximum atomic E-state index is 10.9. The molecule has 1 N–H and O–H groups in total. The second-order valence-corrected chi connectivity index (χ2v) is 3.58. The molecule has 0 spiro atoms. The van der Waals surface area contributed by atoms with Gasteiger partial charge >= 0.3 is 0 Å². The molecule has 78 valence electrons. The summed E-state index contributed by atoms with van der Waals surface area (Å²) in [6, 6.07) is 0.319. The highest BCUT2D eigenvalue weighted by Crippen LogP contribution is 2.07. The topological polar surface area (TPSA) is 37.9 Å². The average Bonchev–Trinajstić information content (AvgIpc) is 2.62. The SMILES string of the molecule is C[n+]1ccn(C[C@@H]2CCC(=O)N2)c1.[I-]. The minimum atomic E-state index is 0. The van der Waals surface area contributed by atoms with Crippen LogP contribution < -0.4 is 33.9 Å². The molecule has 1 aliphatic rings. The number of carbonyl (C=O) groups excluding carboxylic acids is 1. The maximum absolute atomic E-state index is 10.9. The summed E-state index contributed by atoms with van der Waals surface area (Å²) in [6.07, 6.45) is 7.67. The molecule has 4 nitrogen and oxygen atoms in total. The van der Waals surface area contributed by atoms with Gasteiger partial charge in [0.2, 0.25) is 12.2 Å². The van der Waals surface area contributed by atoms with Gasteiger partial charge in [0.15, 0.2) is 0 Å². The van der Waals surface area contributed by atoms with E-state index in [2.05, 4.69) is 9.88 Å². The number of imidazole rings is 1. The molecule has 1 fully saturated rings. The van der Waals surface area contributed by atoms with Crippen molar-refractivity contribution < 1.29 is 33.3 Å². The molecule has 1 amide bonds. The summed E-state index contributed by atoms with van der Waals surface area (Å²) >= 11 is 0. The van der Waals surface area contributed by atoms with Crippen LogP contribution in [0.5, 0.6) is 0 Å². The minimum absolute atomic E-state index is 0. The van der Waals surface area contributed by atoms with E-state index in [-0.39, 0.29) is 29.9 Å². The van der Waals surface area contributed by atoms with Crippen molar-refractivity contribution in [1.82, 2.24) is 9.88 Å². The van der Waals surface area contributed by atoms with Crippen LogP contribution in [0.25, 0.3) is 0 Å². The second kappa shape index (κ2) is 4.77. The molecule has 2 rings (SSSR count). The van der Waals surface area contributed by atoms with Crippen molar-refractivity contribution in [3.63, 3.8) is 0 Å². The Morgan fingerprint density at radius 1 is 1.71 bits per heavy atom. The first kappa shape index (κ1) is 11.5. The molecule has 0 unspecified atom stereocenters. The van der Waals surface area contributed by atoms with Gasteiger partial charge in [0.1, 0.15) is 18.9 Å². The average molecular weight is 307 g/mol. The van der Waals surface area contributed by atoms with Crippen LogP contribution in [-0.2, 0) is 18.4 Å². The zero-order valence-electron chi connectivity index (χ0n) is 8.11. The van der Waals surface area contributed by atoms with E-state index in [0.29, 0.717) is 12.5 Å². The van der Waals surface area contributed by atoms with Crippen molar-refractivity contribution in [2.24, 2.45) is 7.05 Å². The molecule has 2 heterocycles. The number of carbonyl (C=O) groups is 1. The number of aryl methyl sites for hydroxylation is 1. The lowest BCUT2D eigenvalue weighted by atomic mass is 10.2. The van der Waals surface area contributed by atoms with Crippen LogP contribution in [0.3, 0.4) is 0 Å². The van der Waals surface area contributed by atoms with Crippen LogP contribution in [0.15, 0.2) is 18.7 Å². The zero-order valence-corrected chi connectivity index (χ0v) is 10.3. The quantitative estimate of drug-likeness (QED) is 0.449. The standard InChI is InChI=1S/C9H13N3O.HI/c1-11-4-5-12(7-11)6-8-2-3-9(13)10-8;/h4-5,7-8H,2-3,6H2,1H3;1H/t8-;/m0./s1. The van der Waals surface area contributed by atoms with E-state index in [1.165, 1.54) is 0 Å². The fourth-order valence-electron chi connectivity index (χ4n) is 1.68. The number of amides is 1. The van der Waals surface area contributed by atoms with Crippen molar-refractivity contribution in [3.8, 4) is 0 Å². The Morgan fingerprint density at radius 3 is 3.00 bits per heavy atom. The van der Waals surface area contributed by atoms with Gasteiger partial charge in [-0.2, -0.15) is 0 Å². The lowest BCUT2D eigenvalue weighted by Gasteiger charge is -2.05. The summed E-state index contributed by atoms with van der Waals surface area (Å²) in [6.45, 7) is 0.882. The predicted octanol–water partition coefficient (Wildman–Crippen LogP) is -3.40. The van der Waals surface area contributed by atoms with Gasteiger partial charge in [0, 0.05) is 6.42 Å². The van der Waals surface area contributed by atoms with Crippen LogP contribution in [0, 0.1) is 0 Å². The molecular formula is C9H14IN3O. The fraction of sp³-hybridized carbons (Fsp3) is 0.556. The molecule has 0 radical (unpaired) electrons. The van der Waals surface area contributed by atoms with Crippen molar-refractivity contribution in [1.29, 1.82) is 0 Å². The van der Waals surface area contributed by atoms with Gasteiger partial charge in [-0.25, -0.2) is 9.13 Å². The molecule has 1 atom stereocenters. The highest BCUT2D eigenvalue weighted by atomic mass is 127. The Bertz CT molecular complexity index is 324. The molecule has 1 aliphatic heterocycles. The summed E-state index contributed by atoms with van der Waals surface area (Å²) in [7, 11) is 1.99. The lowest BCUT2D eigenvalue weighted by molar-refractivity contribution is -0.671. The summed E-state index contributed by atoms with van der Waals surface area (Å²) in [5.41, 5.74) is 0. The van der Waals surface area contributed by atoms with Gasteiger partial charge in [0.25, 0.3) is 0 Å². The molecule has 1 saturated heterocycles. The summed E-state index contributed by atoms with van der Waals surface area (Å²) in [5, 5.41) is 2.94. The van der Waals surface area contributed by atoms with Gasteiger partial charge in [-0.1, -0.05) is 0 Å². The Morgan fingerprint density at radius 2 is 2.50 bits per heavy atom. The number of hydrogen-bond acceptors (Lipinski definition) is 1. The first-order chi connectivity index (χ1) is 6.24. The fourth-order valence-corrected chi connectivity index (χ4v) is 1.68. The third-order valence-electron chi connectivity index (χ3n) is 2.34. The van der Waals surface area contributed by atoms with E-state index >= 15 is 0 Å². The molecule has 1 aromatic rings. The number of hydrogen-bond donors (Lipinski definition) is 1. The normalized spacial score (nSPS) is 20.4. The summed E-state index contributed by atoms with van der Waals surface area (Å²) in [4.78, 5) is 10.9. The molecule has 14 heavy (non-hydrogen) atoms. The summed E-state index contributed by atoms with van der Waals surface area (Å²) < 4.78 is 4.09. The van der Waals surface area contributed by atoms with Crippen molar-refractivity contribution >= 4 is 5.91 Å². The van der Waals surface area contributed by atoms with Gasteiger partial charge in [-0.05, 0) is 6.42 Å². The van der Waals surface area contributed by atoms with E-state index in [0.717, 1.165) is 13.0 Å². The van der Waals surface area contributed by atoms with Crippen LogP contribution >= 0.6 is 0 Å². The zero-order chi connectivity index (χ0) is 9.26. The van der Waals surface area contributed by atoms with E-state index in [1.54, 1.807) is 0 Å². The molecule has 0 bridgehead atoms. The summed E-state index contributed by atoms with van der Waals surface area (Å²) in [5.74, 6) is 0.182. The molecule has 0 aliphatic carbocycles. The van der Waals surface area contributed by atoms with Crippen molar-refractivity contribution in [2.45, 2.75) is 25.4 Å². The van der Waals surface area contributed by atoms with Gasteiger partial charge in [-0.3, -0.25) is 4.79 Å². The molecule has 1 aromatic heterocycles. The number of halogens is 1. The maximum Gasteiger partial charge on any atom is 0.243 e. The first-order valence-corrected chi connectivity index (χ1v) is 4.54. The Balaban J connectivity index is 0.000000980. The highest BCUT2D eigenvalue weighted by Gasteiger charge is 2.22. The first-order valence-electron chi connectivity index (χ1n) is 4.54. The molecular weight excluding hydrogens is 293 g/mol. The molecule has 5 heteroatoms. The Labute approximate surface area is 100 Å². The number of nitrogens with zero attached hydrogens (tertiary/aromatic N) is 2. The van der Waals surface area contributed by atoms with E-state index in [4.69, 9.17) is 0 Å². The predicted molar refractivity (Wildman–Crippen MR) is 46.8 cm³/mol. The van der Waals surface area contributed by atoms with Gasteiger partial charge in [0.05, 0.1) is 13.1 Å². The van der Waals surface area contributed by atoms with Crippen LogP contribution in [0.2, 0.25) is 0 Å². The molecule has 0 aromatic carbocycles. The van der Waals surface area contributed by atoms with E-state index < -0.39 is 0 Å².